The van der Waals surface area contributed by atoms with Gasteiger partial charge in [0, 0.05) is 24.6 Å². The Hall–Kier alpha value is -3.50. The van der Waals surface area contributed by atoms with Gasteiger partial charge in [-0.25, -0.2) is 4.79 Å². The first-order valence-corrected chi connectivity index (χ1v) is 8.82. The van der Waals surface area contributed by atoms with E-state index in [0.717, 1.165) is 11.0 Å². The fourth-order valence-electron chi connectivity index (χ4n) is 2.86. The predicted molar refractivity (Wildman–Crippen MR) is 100 cm³/mol. The van der Waals surface area contributed by atoms with E-state index in [1.807, 2.05) is 0 Å². The second kappa shape index (κ2) is 8.25. The van der Waals surface area contributed by atoms with E-state index in [1.165, 1.54) is 12.1 Å². The molecule has 2 rings (SSSR count). The lowest BCUT2D eigenvalue weighted by atomic mass is 10.0. The summed E-state index contributed by atoms with van der Waals surface area (Å²) in [5.74, 6) is -1.95. The van der Waals surface area contributed by atoms with Gasteiger partial charge in [0.05, 0.1) is 4.92 Å². The molecule has 0 saturated carbocycles. The summed E-state index contributed by atoms with van der Waals surface area (Å²) in [6, 6.07) is 2.81. The van der Waals surface area contributed by atoms with E-state index in [9.17, 15) is 34.4 Å². The maximum absolute atomic E-state index is 12.5. The molecule has 156 valence electrons. The molecular formula is C18H22N4O7. The smallest absolute Gasteiger partial charge is 0.408 e. The molecule has 0 aromatic heterocycles. The highest BCUT2D eigenvalue weighted by atomic mass is 16.6. The van der Waals surface area contributed by atoms with Gasteiger partial charge in [-0.15, -0.1) is 0 Å². The summed E-state index contributed by atoms with van der Waals surface area (Å²) >= 11 is 0. The monoisotopic (exact) mass is 406 g/mol. The number of imide groups is 1. The zero-order chi connectivity index (χ0) is 21.9. The van der Waals surface area contributed by atoms with Crippen molar-refractivity contribution in [3.05, 3.63) is 39.4 Å². The molecule has 11 heteroatoms. The Kier molecular flexibility index (Phi) is 6.20. The molecule has 1 aromatic rings. The van der Waals surface area contributed by atoms with E-state index < -0.39 is 46.0 Å². The van der Waals surface area contributed by atoms with Crippen LogP contribution < -0.4 is 10.6 Å². The summed E-state index contributed by atoms with van der Waals surface area (Å²) < 4.78 is 0. The fraction of sp³-hybridized carbons (Fsp3) is 0.444. The molecule has 1 saturated heterocycles. The molecular weight excluding hydrogens is 384 g/mol. The highest BCUT2D eigenvalue weighted by Crippen LogP contribution is 2.24. The van der Waals surface area contributed by atoms with Crippen LogP contribution in [0.1, 0.15) is 49.5 Å². The minimum atomic E-state index is -1.18. The first-order valence-electron chi connectivity index (χ1n) is 8.82. The second-order valence-electron chi connectivity index (χ2n) is 7.63. The second-order valence-corrected chi connectivity index (χ2v) is 7.63. The largest absolute Gasteiger partial charge is 0.465 e. The summed E-state index contributed by atoms with van der Waals surface area (Å²) in [6.45, 7) is 4.97. The molecule has 4 amide bonds. The molecule has 1 fully saturated rings. The number of carboxylic acid groups (broad SMARTS) is 1. The average molecular weight is 406 g/mol. The van der Waals surface area contributed by atoms with Crippen molar-refractivity contribution in [1.82, 2.24) is 15.5 Å². The third kappa shape index (κ3) is 5.27. The molecule has 1 aliphatic heterocycles. The van der Waals surface area contributed by atoms with Crippen LogP contribution >= 0.6 is 0 Å². The Morgan fingerprint density at radius 2 is 2.00 bits per heavy atom. The quantitative estimate of drug-likeness (QED) is 0.379. The number of piperidine rings is 1. The van der Waals surface area contributed by atoms with E-state index in [1.54, 1.807) is 20.8 Å². The van der Waals surface area contributed by atoms with Crippen molar-refractivity contribution in [2.24, 2.45) is 0 Å². The summed E-state index contributed by atoms with van der Waals surface area (Å²) in [5.41, 5.74) is -1.16. The predicted octanol–water partition coefficient (Wildman–Crippen LogP) is 1.41. The van der Waals surface area contributed by atoms with E-state index in [0.29, 0.717) is 5.56 Å². The van der Waals surface area contributed by atoms with Crippen molar-refractivity contribution in [3.8, 4) is 0 Å². The van der Waals surface area contributed by atoms with Crippen LogP contribution in [-0.4, -0.2) is 50.3 Å². The molecule has 11 nitrogen and oxygen atoms in total. The van der Waals surface area contributed by atoms with Gasteiger partial charge >= 0.3 is 6.09 Å². The number of nitrogens with one attached hydrogen (secondary N) is 2. The fourth-order valence-corrected chi connectivity index (χ4v) is 2.86. The van der Waals surface area contributed by atoms with Crippen molar-refractivity contribution < 1.29 is 29.2 Å². The van der Waals surface area contributed by atoms with Crippen LogP contribution in [0.25, 0.3) is 0 Å². The van der Waals surface area contributed by atoms with Gasteiger partial charge in [-0.2, -0.15) is 0 Å². The summed E-state index contributed by atoms with van der Waals surface area (Å²) in [5, 5.41) is 25.3. The number of carbonyl (C=O) groups is 4. The van der Waals surface area contributed by atoms with Crippen molar-refractivity contribution in [3.63, 3.8) is 0 Å². The minimum absolute atomic E-state index is 0.0511. The molecule has 0 radical (unpaired) electrons. The first kappa shape index (κ1) is 21.8. The number of carbonyl (C=O) groups excluding carboxylic acids is 3. The molecule has 0 spiro atoms. The number of rotatable bonds is 5. The summed E-state index contributed by atoms with van der Waals surface area (Å²) in [4.78, 5) is 58.8. The standard InChI is InChI=1S/C18H22N4O7/c1-18(2,3)21(17(26)27)9-10-4-5-11(13(8-10)22(28)29)15(24)19-12-6-7-14(23)20-16(12)25/h4-5,8,12H,6-7,9H2,1-3H3,(H,19,24)(H,26,27)(H,20,23,25). The zero-order valence-corrected chi connectivity index (χ0v) is 16.2. The average Bonchev–Trinajstić information content (AvgIpc) is 2.60. The van der Waals surface area contributed by atoms with Crippen molar-refractivity contribution in [2.75, 3.05) is 0 Å². The molecule has 3 N–H and O–H groups in total. The van der Waals surface area contributed by atoms with Crippen LogP contribution in [0.3, 0.4) is 0 Å². The van der Waals surface area contributed by atoms with Crippen molar-refractivity contribution in [2.45, 2.75) is 51.7 Å². The van der Waals surface area contributed by atoms with Crippen LogP contribution in [0.15, 0.2) is 18.2 Å². The van der Waals surface area contributed by atoms with Gasteiger partial charge in [-0.3, -0.25) is 34.7 Å². The third-order valence-corrected chi connectivity index (χ3v) is 4.43. The molecule has 29 heavy (non-hydrogen) atoms. The Balaban J connectivity index is 2.26. The number of nitrogens with zero attached hydrogens (tertiary/aromatic N) is 2. The lowest BCUT2D eigenvalue weighted by Gasteiger charge is -2.33. The number of hydrogen-bond donors (Lipinski definition) is 3. The number of amides is 4. The highest BCUT2D eigenvalue weighted by Gasteiger charge is 2.31. The van der Waals surface area contributed by atoms with Gasteiger partial charge in [0.25, 0.3) is 11.6 Å². The normalized spacial score (nSPS) is 16.7. The Labute approximate surface area is 166 Å². The van der Waals surface area contributed by atoms with Gasteiger partial charge < -0.3 is 10.4 Å². The van der Waals surface area contributed by atoms with E-state index in [-0.39, 0.29) is 24.9 Å². The van der Waals surface area contributed by atoms with Gasteiger partial charge in [-0.05, 0) is 38.8 Å². The lowest BCUT2D eigenvalue weighted by Crippen LogP contribution is -2.52. The van der Waals surface area contributed by atoms with E-state index >= 15 is 0 Å². The minimum Gasteiger partial charge on any atom is -0.465 e. The van der Waals surface area contributed by atoms with Gasteiger partial charge in [0.15, 0.2) is 0 Å². The number of nitro benzene ring substituents is 1. The van der Waals surface area contributed by atoms with E-state index in [4.69, 9.17) is 0 Å². The lowest BCUT2D eigenvalue weighted by molar-refractivity contribution is -0.385. The Morgan fingerprint density at radius 3 is 2.52 bits per heavy atom. The van der Waals surface area contributed by atoms with Crippen LogP contribution in [0.2, 0.25) is 0 Å². The Morgan fingerprint density at radius 1 is 1.34 bits per heavy atom. The third-order valence-electron chi connectivity index (χ3n) is 4.43. The number of benzene rings is 1. The molecule has 1 aliphatic rings. The molecule has 1 heterocycles. The summed E-state index contributed by atoms with van der Waals surface area (Å²) in [6.07, 6.45) is -1.03. The Bertz CT molecular complexity index is 875. The highest BCUT2D eigenvalue weighted by molar-refractivity contribution is 6.04. The zero-order valence-electron chi connectivity index (χ0n) is 16.2. The molecule has 0 bridgehead atoms. The van der Waals surface area contributed by atoms with Gasteiger partial charge in [-0.1, -0.05) is 6.07 Å². The number of nitro groups is 1. The maximum atomic E-state index is 12.5. The summed E-state index contributed by atoms with van der Waals surface area (Å²) in [7, 11) is 0. The van der Waals surface area contributed by atoms with Gasteiger partial charge in [0.1, 0.15) is 11.6 Å². The SMILES string of the molecule is CC(C)(C)N(Cc1ccc(C(=O)NC2CCC(=O)NC2=O)c([N+](=O)[O-])c1)C(=O)O. The first-order chi connectivity index (χ1) is 13.4. The maximum Gasteiger partial charge on any atom is 0.408 e. The molecule has 1 atom stereocenters. The molecule has 1 unspecified atom stereocenters. The van der Waals surface area contributed by atoms with Gasteiger partial charge in [0.2, 0.25) is 11.8 Å². The number of hydrogen-bond acceptors (Lipinski definition) is 6. The van der Waals surface area contributed by atoms with Crippen molar-refractivity contribution in [1.29, 1.82) is 0 Å². The molecule has 1 aromatic carbocycles. The van der Waals surface area contributed by atoms with Crippen LogP contribution in [-0.2, 0) is 16.1 Å². The van der Waals surface area contributed by atoms with E-state index in [2.05, 4.69) is 10.6 Å². The molecule has 0 aliphatic carbocycles. The van der Waals surface area contributed by atoms with Crippen LogP contribution in [0.4, 0.5) is 10.5 Å². The van der Waals surface area contributed by atoms with Crippen molar-refractivity contribution >= 4 is 29.5 Å². The topological polar surface area (TPSA) is 159 Å². The van der Waals surface area contributed by atoms with Crippen LogP contribution in [0.5, 0.6) is 0 Å². The van der Waals surface area contributed by atoms with Crippen LogP contribution in [0, 0.1) is 10.1 Å².